The van der Waals surface area contributed by atoms with E-state index in [-0.39, 0.29) is 12.3 Å². The minimum atomic E-state index is -0.124. The number of Topliss-reactive ketones (excluding diaryl/α,β-unsaturated/α-hetero) is 1. The minimum absolute atomic E-state index is 0.109. The third kappa shape index (κ3) is 3.44. The molecule has 0 saturated carbocycles. The molecule has 25 heavy (non-hydrogen) atoms. The zero-order chi connectivity index (χ0) is 17.8. The maximum atomic E-state index is 12.4. The molecule has 2 aromatic heterocycles. The van der Waals surface area contributed by atoms with E-state index in [1.165, 1.54) is 11.2 Å². The lowest BCUT2D eigenvalue weighted by atomic mass is 10.3. The van der Waals surface area contributed by atoms with Gasteiger partial charge in [-0.2, -0.15) is 0 Å². The van der Waals surface area contributed by atoms with Gasteiger partial charge in [0.05, 0.1) is 50.0 Å². The highest BCUT2D eigenvalue weighted by Crippen LogP contribution is 2.13. The van der Waals surface area contributed by atoms with Crippen molar-refractivity contribution in [3.63, 3.8) is 0 Å². The molecular formula is C19H25N4O2+. The Kier molecular flexibility index (Phi) is 5.19. The van der Waals surface area contributed by atoms with Gasteiger partial charge >= 0.3 is 0 Å². The van der Waals surface area contributed by atoms with Crippen molar-refractivity contribution >= 4 is 16.8 Å². The number of furan rings is 1. The van der Waals surface area contributed by atoms with Crippen molar-refractivity contribution in [2.75, 3.05) is 19.6 Å². The first kappa shape index (κ1) is 17.2. The molecule has 0 saturated heterocycles. The first-order valence-electron chi connectivity index (χ1n) is 8.78. The molecule has 1 aromatic carbocycles. The number of para-hydroxylation sites is 2. The predicted molar refractivity (Wildman–Crippen MR) is 95.7 cm³/mol. The van der Waals surface area contributed by atoms with Crippen LogP contribution < -0.4 is 10.5 Å². The molecule has 0 aliphatic carbocycles. The van der Waals surface area contributed by atoms with Crippen molar-refractivity contribution < 1.29 is 14.1 Å². The topological polar surface area (TPSA) is 68.4 Å². The molecule has 0 aliphatic heterocycles. The average Bonchev–Trinajstić information content (AvgIpc) is 3.25. The number of carbonyl (C=O) groups is 1. The fourth-order valence-electron chi connectivity index (χ4n) is 3.21. The maximum Gasteiger partial charge on any atom is 0.217 e. The Balaban J connectivity index is 1.95. The van der Waals surface area contributed by atoms with Gasteiger partial charge in [0.25, 0.3) is 0 Å². The summed E-state index contributed by atoms with van der Waals surface area (Å²) in [5.41, 5.74) is 2.25. The molecule has 6 heteroatoms. The van der Waals surface area contributed by atoms with Crippen LogP contribution in [0.4, 0.5) is 0 Å². The van der Waals surface area contributed by atoms with E-state index in [0.29, 0.717) is 11.4 Å². The number of benzene rings is 1. The van der Waals surface area contributed by atoms with Gasteiger partial charge in [0.15, 0.2) is 5.76 Å². The summed E-state index contributed by atoms with van der Waals surface area (Å²) in [6.45, 7) is 8.33. The van der Waals surface area contributed by atoms with E-state index in [0.717, 1.165) is 37.2 Å². The molecule has 6 nitrogen and oxygen atoms in total. The Morgan fingerprint density at radius 1 is 1.08 bits per heavy atom. The van der Waals surface area contributed by atoms with Crippen molar-refractivity contribution in [1.82, 2.24) is 9.13 Å². The molecule has 3 rings (SSSR count). The van der Waals surface area contributed by atoms with Crippen molar-refractivity contribution in [3.05, 3.63) is 54.0 Å². The van der Waals surface area contributed by atoms with Crippen LogP contribution in [0.1, 0.15) is 24.4 Å². The zero-order valence-corrected chi connectivity index (χ0v) is 14.8. The third-order valence-electron chi connectivity index (χ3n) is 4.76. The van der Waals surface area contributed by atoms with Crippen LogP contribution >= 0.6 is 0 Å². The number of imidazole rings is 1. The van der Waals surface area contributed by atoms with Crippen LogP contribution in [0.3, 0.4) is 0 Å². The number of hydrogen-bond donors (Lipinski definition) is 2. The number of likely N-dealkylation sites (N-methyl/N-ethyl adjacent to an activating group) is 1. The Bertz CT molecular complexity index is 901. The highest BCUT2D eigenvalue weighted by atomic mass is 16.3. The Morgan fingerprint density at radius 2 is 1.76 bits per heavy atom. The van der Waals surface area contributed by atoms with E-state index in [2.05, 4.69) is 13.8 Å². The molecule has 2 heterocycles. The van der Waals surface area contributed by atoms with Crippen LogP contribution in [-0.4, -0.2) is 34.6 Å². The minimum Gasteiger partial charge on any atom is -0.461 e. The number of rotatable bonds is 8. The molecule has 0 spiro atoms. The summed E-state index contributed by atoms with van der Waals surface area (Å²) in [6.07, 6.45) is 1.50. The molecule has 2 N–H and O–H groups in total. The lowest BCUT2D eigenvalue weighted by molar-refractivity contribution is -0.897. The van der Waals surface area contributed by atoms with Crippen LogP contribution in [0.15, 0.2) is 47.1 Å². The molecule has 0 unspecified atom stereocenters. The van der Waals surface area contributed by atoms with Gasteiger partial charge in [0.2, 0.25) is 11.4 Å². The Hall–Kier alpha value is -2.60. The summed E-state index contributed by atoms with van der Waals surface area (Å²) < 4.78 is 8.96. The predicted octanol–water partition coefficient (Wildman–Crippen LogP) is 1.32. The number of carbonyl (C=O) groups excluding carboxylic acids is 1. The van der Waals surface area contributed by atoms with E-state index in [1.807, 2.05) is 28.8 Å². The van der Waals surface area contributed by atoms with E-state index in [9.17, 15) is 4.79 Å². The number of fused-ring (bicyclic) bond motifs is 1. The number of hydrogen-bond acceptors (Lipinski definition) is 3. The van der Waals surface area contributed by atoms with Gasteiger partial charge in [0, 0.05) is 0 Å². The van der Waals surface area contributed by atoms with Crippen LogP contribution in [0.2, 0.25) is 0 Å². The van der Waals surface area contributed by atoms with E-state index < -0.39 is 0 Å². The van der Waals surface area contributed by atoms with Crippen LogP contribution in [0, 0.1) is 5.41 Å². The first-order valence-corrected chi connectivity index (χ1v) is 8.78. The lowest BCUT2D eigenvalue weighted by Gasteiger charge is -2.15. The molecule has 0 radical (unpaired) electrons. The van der Waals surface area contributed by atoms with Crippen molar-refractivity contribution in [1.29, 1.82) is 5.41 Å². The number of aromatic nitrogens is 2. The first-order chi connectivity index (χ1) is 12.2. The second kappa shape index (κ2) is 7.53. The molecule has 0 atom stereocenters. The number of quaternary nitrogens is 1. The quantitative estimate of drug-likeness (QED) is 0.607. The van der Waals surface area contributed by atoms with Gasteiger partial charge in [-0.25, -0.2) is 0 Å². The second-order valence-electron chi connectivity index (χ2n) is 6.16. The molecule has 0 fully saturated rings. The molecular weight excluding hydrogens is 316 g/mol. The summed E-state index contributed by atoms with van der Waals surface area (Å²) in [4.78, 5) is 13.9. The van der Waals surface area contributed by atoms with Gasteiger partial charge in [-0.1, -0.05) is 12.1 Å². The maximum absolute atomic E-state index is 12.4. The second-order valence-corrected chi connectivity index (χ2v) is 6.16. The van der Waals surface area contributed by atoms with E-state index >= 15 is 0 Å². The summed E-state index contributed by atoms with van der Waals surface area (Å²) in [5, 5.41) is 8.59. The largest absolute Gasteiger partial charge is 0.461 e. The highest BCUT2D eigenvalue weighted by molar-refractivity contribution is 5.94. The Morgan fingerprint density at radius 3 is 2.36 bits per heavy atom. The van der Waals surface area contributed by atoms with Crippen LogP contribution in [0.25, 0.3) is 11.0 Å². The molecule has 3 aromatic rings. The van der Waals surface area contributed by atoms with E-state index in [4.69, 9.17) is 9.83 Å². The number of nitrogens with zero attached hydrogens (tertiary/aromatic N) is 2. The third-order valence-corrected chi connectivity index (χ3v) is 4.76. The molecule has 132 valence electrons. The zero-order valence-electron chi connectivity index (χ0n) is 14.8. The van der Waals surface area contributed by atoms with Gasteiger partial charge in [0.1, 0.15) is 0 Å². The highest BCUT2D eigenvalue weighted by Gasteiger charge is 2.16. The summed E-state index contributed by atoms with van der Waals surface area (Å²) in [5.74, 6) is 0.206. The van der Waals surface area contributed by atoms with Crippen LogP contribution in [0.5, 0.6) is 0 Å². The van der Waals surface area contributed by atoms with Gasteiger partial charge < -0.3 is 18.5 Å². The van der Waals surface area contributed by atoms with Crippen molar-refractivity contribution in [3.8, 4) is 0 Å². The summed E-state index contributed by atoms with van der Waals surface area (Å²) in [7, 11) is 0. The molecule has 0 aliphatic rings. The number of ketones is 1. The lowest BCUT2D eigenvalue weighted by Crippen LogP contribution is -3.11. The van der Waals surface area contributed by atoms with Gasteiger partial charge in [-0.15, -0.1) is 0 Å². The fraction of sp³-hybridized carbons (Fsp3) is 0.368. The average molecular weight is 341 g/mol. The van der Waals surface area contributed by atoms with E-state index in [1.54, 1.807) is 16.7 Å². The standard InChI is InChI=1S/C19H24N4O2/c1-3-21(4-2)11-12-22-15-8-5-6-9-16(15)23(19(22)20)14-17(24)18-10-7-13-25-18/h5-10,13,20H,3-4,11-12,14H2,1-2H3/p+1. The Labute approximate surface area is 146 Å². The molecule has 0 bridgehead atoms. The van der Waals surface area contributed by atoms with Crippen molar-refractivity contribution in [2.45, 2.75) is 26.9 Å². The molecule has 0 amide bonds. The summed E-state index contributed by atoms with van der Waals surface area (Å²) >= 11 is 0. The monoisotopic (exact) mass is 341 g/mol. The smallest absolute Gasteiger partial charge is 0.217 e. The van der Waals surface area contributed by atoms with Crippen molar-refractivity contribution in [2.24, 2.45) is 0 Å². The van der Waals surface area contributed by atoms with Gasteiger partial charge in [-0.05, 0) is 38.1 Å². The fourth-order valence-corrected chi connectivity index (χ4v) is 3.21. The normalized spacial score (nSPS) is 11.5. The van der Waals surface area contributed by atoms with Crippen LogP contribution in [-0.2, 0) is 13.1 Å². The SMILES string of the molecule is CC[NH+](CC)CCn1c(=N)n(CC(=O)c2ccco2)c2ccccc21. The summed E-state index contributed by atoms with van der Waals surface area (Å²) in [6, 6.07) is 11.3. The van der Waals surface area contributed by atoms with Gasteiger partial charge in [-0.3, -0.25) is 10.2 Å². The number of nitrogens with one attached hydrogen (secondary N) is 2.